The molecule has 0 bridgehead atoms. The molecule has 0 spiro atoms. The van der Waals surface area contributed by atoms with Gasteiger partial charge in [-0.3, -0.25) is 14.8 Å². The largest absolute Gasteiger partial charge is 0.492 e. The molecule has 30 heavy (non-hydrogen) atoms. The van der Waals surface area contributed by atoms with Crippen molar-refractivity contribution in [3.63, 3.8) is 0 Å². The molecule has 4 rings (SSSR count). The summed E-state index contributed by atoms with van der Waals surface area (Å²) in [4.78, 5) is 23.2. The monoisotopic (exact) mass is 407 g/mol. The number of fused-ring (bicyclic) bond motifs is 1. The highest BCUT2D eigenvalue weighted by Crippen LogP contribution is 2.31. The summed E-state index contributed by atoms with van der Waals surface area (Å²) in [6.45, 7) is 2.06. The van der Waals surface area contributed by atoms with Crippen molar-refractivity contribution in [3.05, 3.63) is 60.6 Å². The lowest BCUT2D eigenvalue weighted by molar-refractivity contribution is 0.0576. The van der Waals surface area contributed by atoms with Crippen molar-refractivity contribution in [3.8, 4) is 5.75 Å². The Bertz CT molecular complexity index is 1040. The van der Waals surface area contributed by atoms with Crippen LogP contribution in [0.5, 0.6) is 5.75 Å². The normalized spacial score (nSPS) is 18.5. The number of anilines is 1. The summed E-state index contributed by atoms with van der Waals surface area (Å²) in [6, 6.07) is 10.7. The van der Waals surface area contributed by atoms with Crippen molar-refractivity contribution in [2.45, 2.75) is 12.0 Å². The zero-order valence-corrected chi connectivity index (χ0v) is 16.6. The van der Waals surface area contributed by atoms with Crippen molar-refractivity contribution in [2.75, 3.05) is 37.7 Å². The fraction of sp³-hybridized carbons (Fsp3) is 0.318. The third kappa shape index (κ3) is 4.34. The second-order valence-electron chi connectivity index (χ2n) is 7.47. The number of carbonyl (C=O) groups excluding carboxylic acids is 1. The highest BCUT2D eigenvalue weighted by atomic mass is 16.5. The summed E-state index contributed by atoms with van der Waals surface area (Å²) in [7, 11) is 0. The number of benzene rings is 1. The molecule has 1 aromatic carbocycles. The number of rotatable bonds is 7. The van der Waals surface area contributed by atoms with Gasteiger partial charge >= 0.3 is 0 Å². The van der Waals surface area contributed by atoms with Crippen LogP contribution in [-0.4, -0.2) is 59.4 Å². The first-order valence-electron chi connectivity index (χ1n) is 9.95. The summed E-state index contributed by atoms with van der Waals surface area (Å²) >= 11 is 0. The van der Waals surface area contributed by atoms with Crippen molar-refractivity contribution in [1.82, 2.24) is 15.3 Å². The molecule has 1 atom stereocenters. The molecule has 0 aliphatic carbocycles. The number of hydrogen-bond donors (Lipinski definition) is 3. The van der Waals surface area contributed by atoms with Gasteiger partial charge in [0.2, 0.25) is 0 Å². The molecule has 0 unspecified atom stereocenters. The molecular weight excluding hydrogens is 382 g/mol. The smallest absolute Gasteiger partial charge is 0.251 e. The van der Waals surface area contributed by atoms with Gasteiger partial charge in [-0.2, -0.15) is 0 Å². The molecule has 3 aromatic rings. The molecule has 3 heterocycles. The molecule has 0 saturated carbocycles. The van der Waals surface area contributed by atoms with Crippen molar-refractivity contribution in [2.24, 2.45) is 5.73 Å². The van der Waals surface area contributed by atoms with E-state index in [2.05, 4.69) is 20.2 Å². The number of carbonyl (C=O) groups is 1. The van der Waals surface area contributed by atoms with Gasteiger partial charge in [-0.05, 0) is 36.8 Å². The number of nitrogens with two attached hydrogens (primary N) is 1. The van der Waals surface area contributed by atoms with E-state index in [4.69, 9.17) is 10.5 Å². The Morgan fingerprint density at radius 1 is 1.30 bits per heavy atom. The third-order valence-electron chi connectivity index (χ3n) is 5.25. The Morgan fingerprint density at radius 2 is 2.20 bits per heavy atom. The number of ether oxygens (including phenoxy) is 1. The minimum absolute atomic E-state index is 0.164. The van der Waals surface area contributed by atoms with Crippen LogP contribution in [0.2, 0.25) is 0 Å². The van der Waals surface area contributed by atoms with Crippen LogP contribution in [0.15, 0.2) is 55.0 Å². The van der Waals surface area contributed by atoms with E-state index in [9.17, 15) is 9.90 Å². The van der Waals surface area contributed by atoms with Gasteiger partial charge in [0.25, 0.3) is 5.91 Å². The summed E-state index contributed by atoms with van der Waals surface area (Å²) in [5.74, 6) is 0.343. The lowest BCUT2D eigenvalue weighted by Gasteiger charge is -2.25. The van der Waals surface area contributed by atoms with Crippen molar-refractivity contribution in [1.29, 1.82) is 0 Å². The van der Waals surface area contributed by atoms with Crippen LogP contribution in [0.25, 0.3) is 10.9 Å². The van der Waals surface area contributed by atoms with Crippen LogP contribution in [0, 0.1) is 0 Å². The fourth-order valence-electron chi connectivity index (χ4n) is 3.71. The number of nitrogens with one attached hydrogen (secondary N) is 1. The summed E-state index contributed by atoms with van der Waals surface area (Å²) in [5, 5.41) is 14.8. The first-order chi connectivity index (χ1) is 14.6. The zero-order chi connectivity index (χ0) is 21.0. The maximum atomic E-state index is 12.6. The number of aliphatic hydroxyl groups is 1. The SMILES string of the molecule is NCCOc1cccc(C(=O)NC[C@@]2(O)CCN(c3ccnc4ccncc34)C2)c1. The van der Waals surface area contributed by atoms with Gasteiger partial charge in [-0.1, -0.05) is 6.07 Å². The lowest BCUT2D eigenvalue weighted by atomic mass is 10.0. The van der Waals surface area contributed by atoms with E-state index < -0.39 is 5.60 Å². The van der Waals surface area contributed by atoms with Crippen LogP contribution >= 0.6 is 0 Å². The second-order valence-corrected chi connectivity index (χ2v) is 7.47. The minimum atomic E-state index is -1.01. The molecule has 1 aliphatic heterocycles. The zero-order valence-electron chi connectivity index (χ0n) is 16.6. The molecule has 0 radical (unpaired) electrons. The van der Waals surface area contributed by atoms with E-state index in [1.165, 1.54) is 0 Å². The Hall–Kier alpha value is -3.23. The number of nitrogens with zero attached hydrogens (tertiary/aromatic N) is 3. The highest BCUT2D eigenvalue weighted by molar-refractivity contribution is 5.94. The Labute approximate surface area is 174 Å². The van der Waals surface area contributed by atoms with E-state index in [1.54, 1.807) is 42.9 Å². The topological polar surface area (TPSA) is 114 Å². The maximum Gasteiger partial charge on any atom is 0.251 e. The van der Waals surface area contributed by atoms with Gasteiger partial charge in [0, 0.05) is 61.4 Å². The molecule has 4 N–H and O–H groups in total. The molecular formula is C22H25N5O3. The number of aromatic nitrogens is 2. The van der Waals surface area contributed by atoms with Gasteiger partial charge < -0.3 is 25.8 Å². The lowest BCUT2D eigenvalue weighted by Crippen LogP contribution is -2.45. The number of hydrogen-bond acceptors (Lipinski definition) is 7. The second kappa shape index (κ2) is 8.64. The molecule has 1 fully saturated rings. The predicted molar refractivity (Wildman–Crippen MR) is 115 cm³/mol. The van der Waals surface area contributed by atoms with Crippen molar-refractivity contribution < 1.29 is 14.6 Å². The summed E-state index contributed by atoms with van der Waals surface area (Å²) in [5.41, 5.74) is 6.77. The molecule has 1 amide bonds. The quantitative estimate of drug-likeness (QED) is 0.542. The maximum absolute atomic E-state index is 12.6. The standard InChI is InChI=1S/C22H25N5O3/c23-7-11-30-17-3-1-2-16(12-17)21(28)26-14-22(29)6-10-27(15-22)20-5-9-25-19-4-8-24-13-18(19)20/h1-5,8-9,12-13,29H,6-7,10-11,14-15,23H2,(H,26,28)/t22-/m0/s1. The first kappa shape index (κ1) is 20.1. The minimum Gasteiger partial charge on any atom is -0.492 e. The van der Waals surface area contributed by atoms with Crippen LogP contribution < -0.4 is 20.7 Å². The van der Waals surface area contributed by atoms with E-state index >= 15 is 0 Å². The summed E-state index contributed by atoms with van der Waals surface area (Å²) in [6.07, 6.45) is 5.81. The molecule has 1 aliphatic rings. The van der Waals surface area contributed by atoms with Crippen LogP contribution in [0.1, 0.15) is 16.8 Å². The number of amides is 1. The number of β-amino-alcohol motifs (C(OH)–C–C–N with tert-alkyl or cyclic N) is 1. The molecule has 1 saturated heterocycles. The van der Waals surface area contributed by atoms with Gasteiger partial charge in [-0.25, -0.2) is 0 Å². The van der Waals surface area contributed by atoms with E-state index in [1.807, 2.05) is 12.1 Å². The van der Waals surface area contributed by atoms with Gasteiger partial charge in [0.1, 0.15) is 18.0 Å². The first-order valence-corrected chi connectivity index (χ1v) is 9.95. The van der Waals surface area contributed by atoms with E-state index in [-0.39, 0.29) is 12.5 Å². The Morgan fingerprint density at radius 3 is 3.07 bits per heavy atom. The number of pyridine rings is 2. The van der Waals surface area contributed by atoms with Gasteiger partial charge in [0.05, 0.1) is 5.52 Å². The van der Waals surface area contributed by atoms with E-state index in [0.717, 1.165) is 16.6 Å². The summed E-state index contributed by atoms with van der Waals surface area (Å²) < 4.78 is 5.47. The Kier molecular flexibility index (Phi) is 5.78. The highest BCUT2D eigenvalue weighted by Gasteiger charge is 2.37. The average Bonchev–Trinajstić information content (AvgIpc) is 3.18. The van der Waals surface area contributed by atoms with E-state index in [0.29, 0.717) is 44.0 Å². The fourth-order valence-corrected chi connectivity index (χ4v) is 3.71. The molecule has 8 nitrogen and oxygen atoms in total. The van der Waals surface area contributed by atoms with Gasteiger partial charge in [-0.15, -0.1) is 0 Å². The van der Waals surface area contributed by atoms with Crippen LogP contribution in [0.4, 0.5) is 5.69 Å². The predicted octanol–water partition coefficient (Wildman–Crippen LogP) is 1.34. The van der Waals surface area contributed by atoms with Crippen LogP contribution in [0.3, 0.4) is 0 Å². The third-order valence-corrected chi connectivity index (χ3v) is 5.25. The average molecular weight is 407 g/mol. The molecule has 2 aromatic heterocycles. The molecule has 8 heteroatoms. The Balaban J connectivity index is 1.40. The molecule has 156 valence electrons. The van der Waals surface area contributed by atoms with Gasteiger partial charge in [0.15, 0.2) is 0 Å². The van der Waals surface area contributed by atoms with Crippen LogP contribution in [-0.2, 0) is 0 Å². The van der Waals surface area contributed by atoms with Crippen molar-refractivity contribution >= 4 is 22.5 Å².